The first kappa shape index (κ1) is 12.3. The summed E-state index contributed by atoms with van der Waals surface area (Å²) < 4.78 is 5.34. The smallest absolute Gasteiger partial charge is 0.137 e. The molecule has 1 aromatic carbocycles. The van der Waals surface area contributed by atoms with Crippen molar-refractivity contribution in [3.8, 4) is 5.75 Å². The van der Waals surface area contributed by atoms with Crippen LogP contribution >= 0.6 is 11.6 Å². The summed E-state index contributed by atoms with van der Waals surface area (Å²) in [5.74, 6) is 0.869. The lowest BCUT2D eigenvalue weighted by Crippen LogP contribution is -2.03. The molecular weight excluding hydrogens is 212 g/mol. The van der Waals surface area contributed by atoms with Crippen molar-refractivity contribution in [3.05, 3.63) is 28.8 Å². The van der Waals surface area contributed by atoms with Crippen LogP contribution in [0.15, 0.2) is 18.2 Å². The Morgan fingerprint density at radius 1 is 1.40 bits per heavy atom. The van der Waals surface area contributed by atoms with Crippen molar-refractivity contribution in [1.29, 1.82) is 0 Å². The van der Waals surface area contributed by atoms with Gasteiger partial charge in [0.1, 0.15) is 5.75 Å². The molecule has 15 heavy (non-hydrogen) atoms. The number of aliphatic hydroxyl groups is 1. The van der Waals surface area contributed by atoms with Crippen molar-refractivity contribution in [2.75, 3.05) is 13.2 Å². The normalized spacial score (nSPS) is 12.5. The molecule has 2 nitrogen and oxygen atoms in total. The van der Waals surface area contributed by atoms with E-state index in [4.69, 9.17) is 21.4 Å². The average molecular weight is 229 g/mol. The summed E-state index contributed by atoms with van der Waals surface area (Å²) >= 11 is 6.06. The Bertz CT molecular complexity index is 308. The highest BCUT2D eigenvalue weighted by Crippen LogP contribution is 2.29. The zero-order chi connectivity index (χ0) is 11.3. The van der Waals surface area contributed by atoms with E-state index in [2.05, 4.69) is 0 Å². The second-order valence-corrected chi connectivity index (χ2v) is 3.82. The fourth-order valence-corrected chi connectivity index (χ4v) is 1.76. The summed E-state index contributed by atoms with van der Waals surface area (Å²) in [5.41, 5.74) is 1.06. The van der Waals surface area contributed by atoms with Crippen LogP contribution < -0.4 is 4.74 Å². The predicted octanol–water partition coefficient (Wildman–Crippen LogP) is 3.22. The quantitative estimate of drug-likeness (QED) is 0.839. The molecule has 1 atom stereocenters. The van der Waals surface area contributed by atoms with E-state index in [0.29, 0.717) is 17.4 Å². The molecule has 0 fully saturated rings. The zero-order valence-electron chi connectivity index (χ0n) is 9.16. The molecule has 0 amide bonds. The van der Waals surface area contributed by atoms with E-state index >= 15 is 0 Å². The first-order valence-corrected chi connectivity index (χ1v) is 5.63. The summed E-state index contributed by atoms with van der Waals surface area (Å²) in [6.45, 7) is 4.73. The highest BCUT2D eigenvalue weighted by Gasteiger charge is 2.10. The van der Waals surface area contributed by atoms with Gasteiger partial charge in [0.25, 0.3) is 0 Å². The lowest BCUT2D eigenvalue weighted by Gasteiger charge is -2.13. The maximum Gasteiger partial charge on any atom is 0.137 e. The third-order valence-electron chi connectivity index (χ3n) is 2.44. The van der Waals surface area contributed by atoms with E-state index < -0.39 is 0 Å². The van der Waals surface area contributed by atoms with Crippen molar-refractivity contribution in [1.82, 2.24) is 0 Å². The fraction of sp³-hybridized carbons (Fsp3) is 0.500. The molecule has 3 heteroatoms. The van der Waals surface area contributed by atoms with Crippen LogP contribution in [0.25, 0.3) is 0 Å². The third kappa shape index (κ3) is 3.11. The van der Waals surface area contributed by atoms with Crippen LogP contribution in [0.1, 0.15) is 31.7 Å². The molecule has 0 saturated heterocycles. The maximum absolute atomic E-state index is 9.17. The molecule has 1 rings (SSSR count). The minimum Gasteiger partial charge on any atom is -0.492 e. The molecule has 0 saturated carbocycles. The standard InChI is InChI=1S/C12H17ClO2/c1-3-9(8-14)10-5-6-12(15-4-2)11(13)7-10/h5-7,9,14H,3-4,8H2,1-2H3. The number of halogens is 1. The van der Waals surface area contributed by atoms with Gasteiger partial charge in [-0.3, -0.25) is 0 Å². The van der Waals surface area contributed by atoms with Gasteiger partial charge in [0, 0.05) is 12.5 Å². The first-order chi connectivity index (χ1) is 7.22. The Kier molecular flexibility index (Phi) is 4.92. The lowest BCUT2D eigenvalue weighted by atomic mass is 9.97. The molecular formula is C12H17ClO2. The van der Waals surface area contributed by atoms with Gasteiger partial charge >= 0.3 is 0 Å². The number of hydrogen-bond acceptors (Lipinski definition) is 2. The van der Waals surface area contributed by atoms with E-state index in [0.717, 1.165) is 12.0 Å². The minimum atomic E-state index is 0.154. The Labute approximate surface area is 95.8 Å². The Morgan fingerprint density at radius 2 is 2.13 bits per heavy atom. The van der Waals surface area contributed by atoms with Crippen LogP contribution in [0, 0.1) is 0 Å². The molecule has 0 heterocycles. The number of rotatable bonds is 5. The van der Waals surface area contributed by atoms with Crippen molar-refractivity contribution in [2.24, 2.45) is 0 Å². The van der Waals surface area contributed by atoms with E-state index in [1.54, 1.807) is 0 Å². The zero-order valence-corrected chi connectivity index (χ0v) is 9.92. The third-order valence-corrected chi connectivity index (χ3v) is 2.74. The second kappa shape index (κ2) is 5.99. The Morgan fingerprint density at radius 3 is 2.60 bits per heavy atom. The van der Waals surface area contributed by atoms with Gasteiger partial charge in [0.15, 0.2) is 0 Å². The van der Waals surface area contributed by atoms with Gasteiger partial charge in [-0.05, 0) is 31.0 Å². The molecule has 0 aliphatic rings. The van der Waals surface area contributed by atoms with Gasteiger partial charge in [-0.1, -0.05) is 24.6 Å². The molecule has 1 N–H and O–H groups in total. The van der Waals surface area contributed by atoms with Gasteiger partial charge in [-0.2, -0.15) is 0 Å². The van der Waals surface area contributed by atoms with Crippen LogP contribution in [-0.4, -0.2) is 18.3 Å². The number of benzene rings is 1. The van der Waals surface area contributed by atoms with E-state index in [9.17, 15) is 0 Å². The van der Waals surface area contributed by atoms with Crippen LogP contribution in [0.2, 0.25) is 5.02 Å². The van der Waals surface area contributed by atoms with Gasteiger partial charge < -0.3 is 9.84 Å². The molecule has 0 aliphatic heterocycles. The Balaban J connectivity index is 2.89. The van der Waals surface area contributed by atoms with Crippen molar-refractivity contribution in [2.45, 2.75) is 26.2 Å². The van der Waals surface area contributed by atoms with Crippen LogP contribution in [0.3, 0.4) is 0 Å². The maximum atomic E-state index is 9.17. The lowest BCUT2D eigenvalue weighted by molar-refractivity contribution is 0.262. The summed E-state index contributed by atoms with van der Waals surface area (Å²) in [4.78, 5) is 0. The van der Waals surface area contributed by atoms with Crippen LogP contribution in [0.5, 0.6) is 5.75 Å². The largest absolute Gasteiger partial charge is 0.492 e. The molecule has 84 valence electrons. The summed E-state index contributed by atoms with van der Waals surface area (Å²) in [6, 6.07) is 5.69. The molecule has 1 aromatic rings. The van der Waals surface area contributed by atoms with Crippen molar-refractivity contribution < 1.29 is 9.84 Å². The second-order valence-electron chi connectivity index (χ2n) is 3.41. The summed E-state index contributed by atoms with van der Waals surface area (Å²) in [7, 11) is 0. The number of aliphatic hydroxyl groups excluding tert-OH is 1. The average Bonchev–Trinajstić information content (AvgIpc) is 2.24. The molecule has 0 bridgehead atoms. The van der Waals surface area contributed by atoms with Gasteiger partial charge in [0.2, 0.25) is 0 Å². The minimum absolute atomic E-state index is 0.154. The molecule has 1 unspecified atom stereocenters. The van der Waals surface area contributed by atoms with E-state index in [1.165, 1.54) is 0 Å². The highest BCUT2D eigenvalue weighted by molar-refractivity contribution is 6.32. The van der Waals surface area contributed by atoms with Gasteiger partial charge in [-0.15, -0.1) is 0 Å². The van der Waals surface area contributed by atoms with E-state index in [-0.39, 0.29) is 12.5 Å². The van der Waals surface area contributed by atoms with Crippen LogP contribution in [-0.2, 0) is 0 Å². The van der Waals surface area contributed by atoms with Crippen LogP contribution in [0.4, 0.5) is 0 Å². The predicted molar refractivity (Wildman–Crippen MR) is 62.7 cm³/mol. The topological polar surface area (TPSA) is 29.5 Å². The Hall–Kier alpha value is -0.730. The van der Waals surface area contributed by atoms with Gasteiger partial charge in [-0.25, -0.2) is 0 Å². The monoisotopic (exact) mass is 228 g/mol. The van der Waals surface area contributed by atoms with Gasteiger partial charge in [0.05, 0.1) is 11.6 Å². The molecule has 0 aromatic heterocycles. The number of ether oxygens (including phenoxy) is 1. The van der Waals surface area contributed by atoms with Crippen molar-refractivity contribution >= 4 is 11.6 Å². The van der Waals surface area contributed by atoms with Crippen molar-refractivity contribution in [3.63, 3.8) is 0 Å². The summed E-state index contributed by atoms with van der Waals surface area (Å²) in [6.07, 6.45) is 0.904. The number of hydrogen-bond donors (Lipinski definition) is 1. The molecule has 0 spiro atoms. The SMILES string of the molecule is CCOc1ccc(C(CC)CO)cc1Cl. The molecule has 0 aliphatic carbocycles. The molecule has 0 radical (unpaired) electrons. The fourth-order valence-electron chi connectivity index (χ4n) is 1.51. The first-order valence-electron chi connectivity index (χ1n) is 5.26. The van der Waals surface area contributed by atoms with E-state index in [1.807, 2.05) is 32.0 Å². The summed E-state index contributed by atoms with van der Waals surface area (Å²) in [5, 5.41) is 9.78. The highest BCUT2D eigenvalue weighted by atomic mass is 35.5.